The van der Waals surface area contributed by atoms with E-state index in [9.17, 15) is 5.11 Å². The second-order valence-electron chi connectivity index (χ2n) is 3.88. The van der Waals surface area contributed by atoms with Gasteiger partial charge in [-0.2, -0.15) is 0 Å². The minimum Gasteiger partial charge on any atom is -0.508 e. The molecule has 76 valence electrons. The molecular formula is C11H16N2O. The van der Waals surface area contributed by atoms with Gasteiger partial charge in [0.2, 0.25) is 0 Å². The molecule has 0 amide bonds. The van der Waals surface area contributed by atoms with Crippen molar-refractivity contribution < 1.29 is 5.11 Å². The number of rotatable bonds is 0. The molecule has 0 aromatic heterocycles. The van der Waals surface area contributed by atoms with Crippen LogP contribution in [0.4, 0.5) is 11.4 Å². The summed E-state index contributed by atoms with van der Waals surface area (Å²) < 4.78 is 0. The summed E-state index contributed by atoms with van der Waals surface area (Å²) in [5.74, 6) is 0.325. The Morgan fingerprint density at radius 2 is 2.29 bits per heavy atom. The lowest BCUT2D eigenvalue weighted by atomic mass is 10.2. The Labute approximate surface area is 84.4 Å². The van der Waals surface area contributed by atoms with Crippen LogP contribution in [0.5, 0.6) is 5.75 Å². The first-order valence-electron chi connectivity index (χ1n) is 4.98. The van der Waals surface area contributed by atoms with Crippen molar-refractivity contribution in [2.45, 2.75) is 19.4 Å². The van der Waals surface area contributed by atoms with Crippen LogP contribution in [-0.4, -0.2) is 24.7 Å². The maximum Gasteiger partial charge on any atom is 0.117 e. The average molecular weight is 192 g/mol. The minimum absolute atomic E-state index is 0.325. The predicted octanol–water partition coefficient (Wildman–Crippen LogP) is 2.03. The van der Waals surface area contributed by atoms with Gasteiger partial charge in [-0.25, -0.2) is 0 Å². The van der Waals surface area contributed by atoms with Gasteiger partial charge in [0, 0.05) is 25.7 Å². The maximum absolute atomic E-state index is 9.43. The van der Waals surface area contributed by atoms with Crippen molar-refractivity contribution in [1.82, 2.24) is 0 Å². The summed E-state index contributed by atoms with van der Waals surface area (Å²) in [5, 5.41) is 12.8. The molecule has 1 heterocycles. The van der Waals surface area contributed by atoms with Gasteiger partial charge in [-0.05, 0) is 25.5 Å². The van der Waals surface area contributed by atoms with E-state index >= 15 is 0 Å². The van der Waals surface area contributed by atoms with Crippen molar-refractivity contribution >= 4 is 11.4 Å². The largest absolute Gasteiger partial charge is 0.508 e. The van der Waals surface area contributed by atoms with Crippen molar-refractivity contribution in [3.8, 4) is 5.75 Å². The normalized spacial score (nSPS) is 21.0. The summed E-state index contributed by atoms with van der Waals surface area (Å²) >= 11 is 0. The third-order valence-electron chi connectivity index (χ3n) is 2.90. The lowest BCUT2D eigenvalue weighted by Crippen LogP contribution is -2.28. The molecule has 0 spiro atoms. The lowest BCUT2D eigenvalue weighted by molar-refractivity contribution is 0.475. The molecule has 3 nitrogen and oxygen atoms in total. The highest BCUT2D eigenvalue weighted by Crippen LogP contribution is 2.32. The first kappa shape index (κ1) is 9.19. The third-order valence-corrected chi connectivity index (χ3v) is 2.90. The molecule has 1 aromatic carbocycles. The number of hydrogen-bond donors (Lipinski definition) is 2. The molecule has 1 aromatic rings. The molecule has 0 saturated carbocycles. The molecule has 0 radical (unpaired) electrons. The zero-order valence-electron chi connectivity index (χ0n) is 8.62. The highest BCUT2D eigenvalue weighted by Gasteiger charge is 2.17. The number of phenolic OH excluding ortho intramolecular Hbond substituents is 1. The van der Waals surface area contributed by atoms with E-state index in [2.05, 4.69) is 24.2 Å². The molecule has 1 unspecified atom stereocenters. The zero-order valence-corrected chi connectivity index (χ0v) is 8.62. The van der Waals surface area contributed by atoms with Crippen molar-refractivity contribution in [1.29, 1.82) is 0 Å². The predicted molar refractivity (Wildman–Crippen MR) is 59.1 cm³/mol. The Morgan fingerprint density at radius 1 is 1.50 bits per heavy atom. The Kier molecular flexibility index (Phi) is 2.23. The fourth-order valence-electron chi connectivity index (χ4n) is 1.81. The van der Waals surface area contributed by atoms with E-state index < -0.39 is 0 Å². The molecule has 1 atom stereocenters. The second-order valence-corrected chi connectivity index (χ2v) is 3.88. The summed E-state index contributed by atoms with van der Waals surface area (Å²) in [5.41, 5.74) is 2.18. The first-order chi connectivity index (χ1) is 6.68. The van der Waals surface area contributed by atoms with Crippen LogP contribution >= 0.6 is 0 Å². The van der Waals surface area contributed by atoms with Crippen LogP contribution in [0.25, 0.3) is 0 Å². The molecule has 0 bridgehead atoms. The van der Waals surface area contributed by atoms with Gasteiger partial charge < -0.3 is 15.3 Å². The average Bonchev–Trinajstić information content (AvgIpc) is 2.30. The number of anilines is 2. The zero-order chi connectivity index (χ0) is 10.1. The van der Waals surface area contributed by atoms with Crippen LogP contribution in [0.3, 0.4) is 0 Å². The number of aromatic hydroxyl groups is 1. The van der Waals surface area contributed by atoms with E-state index in [0.29, 0.717) is 11.8 Å². The molecule has 2 rings (SSSR count). The van der Waals surface area contributed by atoms with Crippen LogP contribution in [0.1, 0.15) is 13.3 Å². The summed E-state index contributed by atoms with van der Waals surface area (Å²) in [6, 6.07) is 5.96. The van der Waals surface area contributed by atoms with Crippen LogP contribution in [0.15, 0.2) is 18.2 Å². The molecule has 14 heavy (non-hydrogen) atoms. The lowest BCUT2D eigenvalue weighted by Gasteiger charge is -2.25. The maximum atomic E-state index is 9.43. The van der Waals surface area contributed by atoms with Gasteiger partial charge in [0.25, 0.3) is 0 Å². The summed E-state index contributed by atoms with van der Waals surface area (Å²) in [4.78, 5) is 2.20. The molecule has 3 heteroatoms. The number of nitrogens with zero attached hydrogens (tertiary/aromatic N) is 1. The highest BCUT2D eigenvalue weighted by molar-refractivity contribution is 5.72. The topological polar surface area (TPSA) is 35.5 Å². The van der Waals surface area contributed by atoms with Crippen molar-refractivity contribution in [2.24, 2.45) is 0 Å². The van der Waals surface area contributed by atoms with Crippen molar-refractivity contribution in [3.63, 3.8) is 0 Å². The van der Waals surface area contributed by atoms with Gasteiger partial charge >= 0.3 is 0 Å². The molecule has 1 aliphatic heterocycles. The standard InChI is InChI=1S/C11H16N2O/c1-8-5-6-12-10-4-3-9(14)7-11(10)13(8)2/h3-4,7-8,12,14H,5-6H2,1-2H3. The Morgan fingerprint density at radius 3 is 3.07 bits per heavy atom. The highest BCUT2D eigenvalue weighted by atomic mass is 16.3. The van der Waals surface area contributed by atoms with Gasteiger partial charge in [-0.3, -0.25) is 0 Å². The van der Waals surface area contributed by atoms with E-state index in [0.717, 1.165) is 24.3 Å². The first-order valence-corrected chi connectivity index (χ1v) is 4.98. The van der Waals surface area contributed by atoms with E-state index in [1.807, 2.05) is 12.1 Å². The fourth-order valence-corrected chi connectivity index (χ4v) is 1.81. The molecule has 0 aliphatic carbocycles. The smallest absolute Gasteiger partial charge is 0.117 e. The molecule has 0 fully saturated rings. The summed E-state index contributed by atoms with van der Waals surface area (Å²) in [7, 11) is 2.07. The number of hydrogen-bond acceptors (Lipinski definition) is 3. The van der Waals surface area contributed by atoms with E-state index in [4.69, 9.17) is 0 Å². The second kappa shape index (κ2) is 3.40. The third kappa shape index (κ3) is 1.50. The Bertz CT molecular complexity index is 338. The van der Waals surface area contributed by atoms with Crippen LogP contribution in [0, 0.1) is 0 Å². The summed E-state index contributed by atoms with van der Waals surface area (Å²) in [6.07, 6.45) is 1.12. The Hall–Kier alpha value is -1.38. The van der Waals surface area contributed by atoms with Gasteiger partial charge in [-0.1, -0.05) is 0 Å². The van der Waals surface area contributed by atoms with E-state index in [1.165, 1.54) is 0 Å². The van der Waals surface area contributed by atoms with Crippen molar-refractivity contribution in [2.75, 3.05) is 23.8 Å². The van der Waals surface area contributed by atoms with Gasteiger partial charge in [0.1, 0.15) is 5.75 Å². The van der Waals surface area contributed by atoms with Crippen LogP contribution < -0.4 is 10.2 Å². The number of benzene rings is 1. The minimum atomic E-state index is 0.325. The van der Waals surface area contributed by atoms with Gasteiger partial charge in [0.05, 0.1) is 11.4 Å². The fraction of sp³-hybridized carbons (Fsp3) is 0.455. The number of nitrogens with one attached hydrogen (secondary N) is 1. The number of phenols is 1. The molecule has 2 N–H and O–H groups in total. The SMILES string of the molecule is CC1CCNc2ccc(O)cc2N1C. The summed E-state index contributed by atoms with van der Waals surface area (Å²) in [6.45, 7) is 3.18. The van der Waals surface area contributed by atoms with Crippen molar-refractivity contribution in [3.05, 3.63) is 18.2 Å². The quantitative estimate of drug-likeness (QED) is 0.617. The van der Waals surface area contributed by atoms with Crippen LogP contribution in [-0.2, 0) is 0 Å². The van der Waals surface area contributed by atoms with Crippen LogP contribution in [0.2, 0.25) is 0 Å². The molecule has 0 saturated heterocycles. The van der Waals surface area contributed by atoms with Gasteiger partial charge in [0.15, 0.2) is 0 Å². The molecule has 1 aliphatic rings. The van der Waals surface area contributed by atoms with E-state index in [-0.39, 0.29) is 0 Å². The van der Waals surface area contributed by atoms with Gasteiger partial charge in [-0.15, -0.1) is 0 Å². The monoisotopic (exact) mass is 192 g/mol. The molecular weight excluding hydrogens is 176 g/mol. The van der Waals surface area contributed by atoms with E-state index in [1.54, 1.807) is 6.07 Å². The number of fused-ring (bicyclic) bond motifs is 1. The Balaban J connectivity index is 2.44.